The van der Waals surface area contributed by atoms with Crippen molar-refractivity contribution < 1.29 is 0 Å². The van der Waals surface area contributed by atoms with E-state index in [9.17, 15) is 0 Å². The average molecular weight is 270 g/mol. The van der Waals surface area contributed by atoms with Crippen LogP contribution in [0.5, 0.6) is 0 Å². The summed E-state index contributed by atoms with van der Waals surface area (Å²) in [4.78, 5) is 0. The van der Waals surface area contributed by atoms with Gasteiger partial charge in [-0.15, -0.1) is 10.2 Å². The second-order valence-electron chi connectivity index (χ2n) is 4.29. The third kappa shape index (κ3) is 3.89. The van der Waals surface area contributed by atoms with Gasteiger partial charge in [-0.3, -0.25) is 0 Å². The summed E-state index contributed by atoms with van der Waals surface area (Å²) in [6, 6.07) is 0.530. The minimum atomic E-state index is 0.530. The molecular weight excluding hydrogens is 252 g/mol. The molecule has 0 aliphatic heterocycles. The molecule has 1 aliphatic carbocycles. The summed E-state index contributed by atoms with van der Waals surface area (Å²) >= 11 is 6.84. The zero-order chi connectivity index (χ0) is 12.1. The molecule has 4 nitrogen and oxygen atoms in total. The fourth-order valence-electron chi connectivity index (χ4n) is 2.01. The van der Waals surface area contributed by atoms with Gasteiger partial charge in [0.05, 0.1) is 0 Å². The lowest BCUT2D eigenvalue weighted by Crippen LogP contribution is -2.38. The van der Waals surface area contributed by atoms with Gasteiger partial charge in [0.25, 0.3) is 0 Å². The number of rotatable bonds is 3. The molecule has 2 N–H and O–H groups in total. The van der Waals surface area contributed by atoms with E-state index in [1.54, 1.807) is 11.3 Å². The van der Waals surface area contributed by atoms with E-state index >= 15 is 0 Å². The maximum Gasteiger partial charge on any atom is 0.211 e. The number of nitrogens with zero attached hydrogens (tertiary/aromatic N) is 2. The summed E-state index contributed by atoms with van der Waals surface area (Å²) in [6.45, 7) is 2.07. The molecule has 1 aromatic rings. The second-order valence-corrected chi connectivity index (χ2v) is 5.76. The Hall–Kier alpha value is -0.750. The van der Waals surface area contributed by atoms with Gasteiger partial charge in [-0.05, 0) is 31.5 Å². The standard InChI is InChI=1S/C11H18N4S2/c1-2-9-14-15-11(17-9)13-10(16)12-8-6-4-3-5-7-8/h8H,2-7H2,1H3,(H2,12,13,15,16). The van der Waals surface area contributed by atoms with E-state index in [4.69, 9.17) is 12.2 Å². The van der Waals surface area contributed by atoms with Crippen LogP contribution >= 0.6 is 23.6 Å². The predicted octanol–water partition coefficient (Wildman–Crippen LogP) is 2.72. The lowest BCUT2D eigenvalue weighted by molar-refractivity contribution is 0.415. The minimum absolute atomic E-state index is 0.530. The monoisotopic (exact) mass is 270 g/mol. The molecule has 0 spiro atoms. The topological polar surface area (TPSA) is 49.8 Å². The number of anilines is 1. The van der Waals surface area contributed by atoms with E-state index in [-0.39, 0.29) is 0 Å². The minimum Gasteiger partial charge on any atom is -0.360 e. The molecule has 1 aliphatic rings. The molecule has 6 heteroatoms. The van der Waals surface area contributed by atoms with Gasteiger partial charge in [0, 0.05) is 6.04 Å². The molecule has 1 heterocycles. The van der Waals surface area contributed by atoms with Crippen LogP contribution in [-0.4, -0.2) is 21.4 Å². The number of hydrogen-bond acceptors (Lipinski definition) is 4. The Bertz CT molecular complexity index is 371. The molecule has 17 heavy (non-hydrogen) atoms. The highest BCUT2D eigenvalue weighted by Gasteiger charge is 2.14. The first kappa shape index (κ1) is 12.7. The van der Waals surface area contributed by atoms with Crippen LogP contribution in [0.4, 0.5) is 5.13 Å². The first-order valence-electron chi connectivity index (χ1n) is 6.18. The number of hydrogen-bond donors (Lipinski definition) is 2. The van der Waals surface area contributed by atoms with Gasteiger partial charge in [0.2, 0.25) is 5.13 Å². The molecule has 0 saturated heterocycles. The Kier molecular flexibility index (Phi) is 4.67. The third-order valence-electron chi connectivity index (χ3n) is 2.93. The van der Waals surface area contributed by atoms with Crippen molar-refractivity contribution in [3.05, 3.63) is 5.01 Å². The average Bonchev–Trinajstić information content (AvgIpc) is 2.78. The Balaban J connectivity index is 1.79. The van der Waals surface area contributed by atoms with E-state index in [1.807, 2.05) is 0 Å². The van der Waals surface area contributed by atoms with Crippen molar-refractivity contribution in [2.75, 3.05) is 5.32 Å². The van der Waals surface area contributed by atoms with Crippen molar-refractivity contribution in [2.45, 2.75) is 51.5 Å². The number of thiocarbonyl (C=S) groups is 1. The van der Waals surface area contributed by atoms with E-state index in [1.165, 1.54) is 32.1 Å². The largest absolute Gasteiger partial charge is 0.360 e. The van der Waals surface area contributed by atoms with Crippen LogP contribution in [0.1, 0.15) is 44.0 Å². The van der Waals surface area contributed by atoms with Crippen molar-refractivity contribution in [3.63, 3.8) is 0 Å². The lowest BCUT2D eigenvalue weighted by Gasteiger charge is -2.23. The van der Waals surface area contributed by atoms with Crippen LogP contribution in [0.15, 0.2) is 0 Å². The molecular formula is C11H18N4S2. The number of aryl methyl sites for hydroxylation is 1. The van der Waals surface area contributed by atoms with Crippen molar-refractivity contribution >= 4 is 33.8 Å². The Morgan fingerprint density at radius 1 is 1.35 bits per heavy atom. The molecule has 0 atom stereocenters. The summed E-state index contributed by atoms with van der Waals surface area (Å²) in [5.74, 6) is 0. The molecule has 2 rings (SSSR count). The molecule has 1 saturated carbocycles. The van der Waals surface area contributed by atoms with E-state index in [0.29, 0.717) is 11.2 Å². The quantitative estimate of drug-likeness (QED) is 0.827. The van der Waals surface area contributed by atoms with Crippen molar-refractivity contribution in [2.24, 2.45) is 0 Å². The summed E-state index contributed by atoms with van der Waals surface area (Å²) in [7, 11) is 0. The molecule has 1 aromatic heterocycles. The molecule has 0 bridgehead atoms. The van der Waals surface area contributed by atoms with Gasteiger partial charge in [-0.25, -0.2) is 0 Å². The van der Waals surface area contributed by atoms with Gasteiger partial charge < -0.3 is 10.6 Å². The summed E-state index contributed by atoms with van der Waals surface area (Å²) < 4.78 is 0. The van der Waals surface area contributed by atoms with Gasteiger partial charge in [-0.2, -0.15) is 0 Å². The first-order chi connectivity index (χ1) is 8.28. The van der Waals surface area contributed by atoms with Crippen molar-refractivity contribution in [1.29, 1.82) is 0 Å². The molecule has 94 valence electrons. The highest BCUT2D eigenvalue weighted by molar-refractivity contribution is 7.80. The fourth-order valence-corrected chi connectivity index (χ4v) is 3.02. The number of nitrogens with one attached hydrogen (secondary N) is 2. The van der Waals surface area contributed by atoms with Crippen molar-refractivity contribution in [3.8, 4) is 0 Å². The predicted molar refractivity (Wildman–Crippen MR) is 75.5 cm³/mol. The zero-order valence-electron chi connectivity index (χ0n) is 10.0. The van der Waals surface area contributed by atoms with Crippen LogP contribution in [0, 0.1) is 0 Å². The highest BCUT2D eigenvalue weighted by Crippen LogP contribution is 2.18. The third-order valence-corrected chi connectivity index (χ3v) is 4.13. The molecule has 0 amide bonds. The SMILES string of the molecule is CCc1nnc(NC(=S)NC2CCCCC2)s1. The van der Waals surface area contributed by atoms with Crippen LogP contribution < -0.4 is 10.6 Å². The molecule has 0 radical (unpaired) electrons. The molecule has 1 fully saturated rings. The molecule has 0 aromatic carbocycles. The van der Waals surface area contributed by atoms with E-state index in [2.05, 4.69) is 27.8 Å². The van der Waals surface area contributed by atoms with Crippen LogP contribution in [-0.2, 0) is 6.42 Å². The van der Waals surface area contributed by atoms with Gasteiger partial charge >= 0.3 is 0 Å². The zero-order valence-corrected chi connectivity index (χ0v) is 11.7. The number of aromatic nitrogens is 2. The summed E-state index contributed by atoms with van der Waals surface area (Å²) in [5, 5.41) is 17.1. The maximum absolute atomic E-state index is 5.28. The smallest absolute Gasteiger partial charge is 0.211 e. The summed E-state index contributed by atoms with van der Waals surface area (Å²) in [5.41, 5.74) is 0. The van der Waals surface area contributed by atoms with Crippen LogP contribution in [0.3, 0.4) is 0 Å². The fraction of sp³-hybridized carbons (Fsp3) is 0.727. The Labute approximate surface area is 111 Å². The normalized spacial score (nSPS) is 16.8. The van der Waals surface area contributed by atoms with Gasteiger partial charge in [-0.1, -0.05) is 37.5 Å². The maximum atomic E-state index is 5.28. The van der Waals surface area contributed by atoms with Crippen LogP contribution in [0.25, 0.3) is 0 Å². The van der Waals surface area contributed by atoms with Crippen LogP contribution in [0.2, 0.25) is 0 Å². The Morgan fingerprint density at radius 2 is 2.12 bits per heavy atom. The van der Waals surface area contributed by atoms with Gasteiger partial charge in [0.15, 0.2) is 5.11 Å². The van der Waals surface area contributed by atoms with Crippen molar-refractivity contribution in [1.82, 2.24) is 15.5 Å². The summed E-state index contributed by atoms with van der Waals surface area (Å²) in [6.07, 6.45) is 7.32. The molecule has 0 unspecified atom stereocenters. The van der Waals surface area contributed by atoms with E-state index in [0.717, 1.165) is 16.6 Å². The highest BCUT2D eigenvalue weighted by atomic mass is 32.1. The van der Waals surface area contributed by atoms with Gasteiger partial charge in [0.1, 0.15) is 5.01 Å². The lowest BCUT2D eigenvalue weighted by atomic mass is 9.96. The first-order valence-corrected chi connectivity index (χ1v) is 7.40. The Morgan fingerprint density at radius 3 is 2.76 bits per heavy atom. The van der Waals surface area contributed by atoms with E-state index < -0.39 is 0 Å². The second kappa shape index (κ2) is 6.26.